The Hall–Kier alpha value is -0.920. The van der Waals surface area contributed by atoms with Crippen LogP contribution < -0.4 is 11.5 Å². The number of unbranched alkanes of at least 4 members (excludes halogenated alkanes) is 5. The molecule has 4 N–H and O–H groups in total. The van der Waals surface area contributed by atoms with Crippen LogP contribution in [0, 0.1) is 0 Å². The van der Waals surface area contributed by atoms with Crippen LogP contribution in [-0.2, 0) is 0 Å². The molecule has 0 unspecified atom stereocenters. The highest BCUT2D eigenvalue weighted by atomic mass is 14.8. The van der Waals surface area contributed by atoms with Crippen LogP contribution in [0.25, 0.3) is 0 Å². The first-order chi connectivity index (χ1) is 6.27. The molecule has 0 aliphatic rings. The molecule has 76 valence electrons. The van der Waals surface area contributed by atoms with Gasteiger partial charge in [0.15, 0.2) is 0 Å². The molecule has 0 saturated heterocycles. The lowest BCUT2D eigenvalue weighted by molar-refractivity contribution is 0.637. The molecule has 0 spiro atoms. The zero-order chi connectivity index (χ0) is 9.94. The van der Waals surface area contributed by atoms with Crippen LogP contribution in [0.15, 0.2) is 24.0 Å². The van der Waals surface area contributed by atoms with Gasteiger partial charge < -0.3 is 11.5 Å². The predicted molar refractivity (Wildman–Crippen MR) is 59.0 cm³/mol. The van der Waals surface area contributed by atoms with Gasteiger partial charge >= 0.3 is 0 Å². The van der Waals surface area contributed by atoms with E-state index in [1.54, 1.807) is 6.08 Å². The Morgan fingerprint density at radius 2 is 1.77 bits per heavy atom. The van der Waals surface area contributed by atoms with Crippen molar-refractivity contribution in [3.8, 4) is 0 Å². The van der Waals surface area contributed by atoms with Crippen LogP contribution in [0.5, 0.6) is 0 Å². The second-order valence-electron chi connectivity index (χ2n) is 3.30. The first kappa shape index (κ1) is 12.1. The minimum Gasteiger partial charge on any atom is -0.386 e. The molecule has 0 heterocycles. The molecule has 0 saturated carbocycles. The summed E-state index contributed by atoms with van der Waals surface area (Å²) in [6.07, 6.45) is 13.5. The van der Waals surface area contributed by atoms with E-state index in [4.69, 9.17) is 11.5 Å². The summed E-state index contributed by atoms with van der Waals surface area (Å²) in [6, 6.07) is 0. The summed E-state index contributed by atoms with van der Waals surface area (Å²) in [4.78, 5) is 0. The Morgan fingerprint density at radius 1 is 1.08 bits per heavy atom. The summed E-state index contributed by atoms with van der Waals surface area (Å²) in [7, 11) is 0. The summed E-state index contributed by atoms with van der Waals surface area (Å²) < 4.78 is 0. The van der Waals surface area contributed by atoms with Crippen molar-refractivity contribution in [2.45, 2.75) is 45.4 Å². The van der Waals surface area contributed by atoms with E-state index in [1.165, 1.54) is 32.1 Å². The van der Waals surface area contributed by atoms with Crippen molar-refractivity contribution in [3.05, 3.63) is 24.0 Å². The largest absolute Gasteiger partial charge is 0.386 e. The monoisotopic (exact) mass is 182 g/mol. The number of hydrogen-bond donors (Lipinski definition) is 2. The summed E-state index contributed by atoms with van der Waals surface area (Å²) in [5.41, 5.74) is 10.5. The molecule has 2 heteroatoms. The molecule has 0 aliphatic heterocycles. The van der Waals surface area contributed by atoms with Gasteiger partial charge in [0.25, 0.3) is 0 Å². The van der Waals surface area contributed by atoms with Gasteiger partial charge in [0.2, 0.25) is 0 Å². The van der Waals surface area contributed by atoms with Gasteiger partial charge in [-0.3, -0.25) is 0 Å². The van der Waals surface area contributed by atoms with Crippen LogP contribution in [-0.4, -0.2) is 0 Å². The van der Waals surface area contributed by atoms with Gasteiger partial charge in [-0.25, -0.2) is 0 Å². The van der Waals surface area contributed by atoms with Crippen LogP contribution in [0.3, 0.4) is 0 Å². The van der Waals surface area contributed by atoms with E-state index in [0.717, 1.165) is 6.42 Å². The first-order valence-corrected chi connectivity index (χ1v) is 5.15. The average Bonchev–Trinajstić information content (AvgIpc) is 2.09. The minimum absolute atomic E-state index is 0.377. The Kier molecular flexibility index (Phi) is 8.52. The maximum absolute atomic E-state index is 5.26. The van der Waals surface area contributed by atoms with E-state index in [0.29, 0.717) is 5.82 Å². The molecule has 0 aromatic rings. The van der Waals surface area contributed by atoms with E-state index in [2.05, 4.69) is 13.0 Å². The van der Waals surface area contributed by atoms with E-state index < -0.39 is 0 Å². The zero-order valence-corrected chi connectivity index (χ0v) is 8.63. The van der Waals surface area contributed by atoms with Crippen molar-refractivity contribution in [3.63, 3.8) is 0 Å². The number of nitrogens with two attached hydrogens (primary N) is 2. The van der Waals surface area contributed by atoms with Crippen LogP contribution in [0.1, 0.15) is 45.4 Å². The fraction of sp³-hybridized carbons (Fsp3) is 0.636. The van der Waals surface area contributed by atoms with Crippen molar-refractivity contribution in [1.29, 1.82) is 0 Å². The molecule has 0 aliphatic carbocycles. The van der Waals surface area contributed by atoms with E-state index >= 15 is 0 Å². The predicted octanol–water partition coefficient (Wildman–Crippen LogP) is 2.66. The average molecular weight is 182 g/mol. The number of hydrogen-bond acceptors (Lipinski definition) is 2. The van der Waals surface area contributed by atoms with E-state index in [9.17, 15) is 0 Å². The Balaban J connectivity index is 3.16. The molecule has 0 aromatic carbocycles. The molecular weight excluding hydrogens is 160 g/mol. The van der Waals surface area contributed by atoms with Gasteiger partial charge in [-0.05, 0) is 18.9 Å². The van der Waals surface area contributed by atoms with Crippen LogP contribution >= 0.6 is 0 Å². The number of allylic oxidation sites excluding steroid dienone is 3. The topological polar surface area (TPSA) is 52.0 Å². The van der Waals surface area contributed by atoms with Gasteiger partial charge in [-0.1, -0.05) is 44.8 Å². The van der Waals surface area contributed by atoms with Crippen molar-refractivity contribution in [1.82, 2.24) is 0 Å². The van der Waals surface area contributed by atoms with Crippen LogP contribution in [0.4, 0.5) is 0 Å². The summed E-state index contributed by atoms with van der Waals surface area (Å²) in [5.74, 6) is 0.377. The lowest BCUT2D eigenvalue weighted by Crippen LogP contribution is -2.06. The Bertz CT molecular complexity index is 155. The highest BCUT2D eigenvalue weighted by molar-refractivity contribution is 5.06. The minimum atomic E-state index is 0.377. The van der Waals surface area contributed by atoms with Gasteiger partial charge in [-0.15, -0.1) is 0 Å². The second-order valence-corrected chi connectivity index (χ2v) is 3.30. The molecule has 0 atom stereocenters. The van der Waals surface area contributed by atoms with E-state index in [1.807, 2.05) is 6.08 Å². The second kappa shape index (κ2) is 9.17. The fourth-order valence-electron chi connectivity index (χ4n) is 1.14. The van der Waals surface area contributed by atoms with Crippen LogP contribution in [0.2, 0.25) is 0 Å². The summed E-state index contributed by atoms with van der Waals surface area (Å²) in [5, 5.41) is 0. The SMILES string of the molecule is CCCCCCCC=CC=C(N)N. The third-order valence-corrected chi connectivity index (χ3v) is 1.90. The summed E-state index contributed by atoms with van der Waals surface area (Å²) >= 11 is 0. The molecule has 0 fully saturated rings. The maximum atomic E-state index is 5.26. The van der Waals surface area contributed by atoms with E-state index in [-0.39, 0.29) is 0 Å². The lowest BCUT2D eigenvalue weighted by atomic mass is 10.1. The van der Waals surface area contributed by atoms with Crippen molar-refractivity contribution >= 4 is 0 Å². The van der Waals surface area contributed by atoms with Crippen molar-refractivity contribution in [2.24, 2.45) is 11.5 Å². The third-order valence-electron chi connectivity index (χ3n) is 1.90. The molecule has 0 radical (unpaired) electrons. The van der Waals surface area contributed by atoms with Crippen molar-refractivity contribution in [2.75, 3.05) is 0 Å². The molecule has 0 bridgehead atoms. The summed E-state index contributed by atoms with van der Waals surface area (Å²) in [6.45, 7) is 2.23. The Morgan fingerprint density at radius 3 is 2.38 bits per heavy atom. The molecule has 0 aromatic heterocycles. The smallest absolute Gasteiger partial charge is 0.0933 e. The van der Waals surface area contributed by atoms with Crippen molar-refractivity contribution < 1.29 is 0 Å². The standard InChI is InChI=1S/C11H22N2/c1-2-3-4-5-6-7-8-9-10-11(12)13/h8-10H,2-7,12-13H2,1H3. The van der Waals surface area contributed by atoms with Gasteiger partial charge in [-0.2, -0.15) is 0 Å². The first-order valence-electron chi connectivity index (χ1n) is 5.15. The normalized spacial score (nSPS) is 10.5. The molecule has 0 amide bonds. The highest BCUT2D eigenvalue weighted by Gasteiger charge is 1.85. The lowest BCUT2D eigenvalue weighted by Gasteiger charge is -1.95. The third kappa shape index (κ3) is 11.1. The molecule has 13 heavy (non-hydrogen) atoms. The fourth-order valence-corrected chi connectivity index (χ4v) is 1.14. The van der Waals surface area contributed by atoms with Gasteiger partial charge in [0, 0.05) is 0 Å². The zero-order valence-electron chi connectivity index (χ0n) is 8.63. The highest BCUT2D eigenvalue weighted by Crippen LogP contribution is 2.05. The molecule has 2 nitrogen and oxygen atoms in total. The van der Waals surface area contributed by atoms with Gasteiger partial charge in [0.1, 0.15) is 0 Å². The number of rotatable bonds is 7. The Labute approximate surface area is 81.7 Å². The molecular formula is C11H22N2. The van der Waals surface area contributed by atoms with Gasteiger partial charge in [0.05, 0.1) is 5.82 Å². The quantitative estimate of drug-likeness (QED) is 0.470. The molecule has 0 rings (SSSR count). The maximum Gasteiger partial charge on any atom is 0.0933 e.